The lowest BCUT2D eigenvalue weighted by atomic mass is 10.0. The van der Waals surface area contributed by atoms with E-state index in [-0.39, 0.29) is 79.8 Å². The van der Waals surface area contributed by atoms with Crippen LogP contribution >= 0.6 is 0 Å². The van der Waals surface area contributed by atoms with Gasteiger partial charge in [-0.15, -0.1) is 0 Å². The van der Waals surface area contributed by atoms with Crippen molar-refractivity contribution < 1.29 is 58.2 Å². The van der Waals surface area contributed by atoms with Gasteiger partial charge in [0.1, 0.15) is 28.7 Å². The molecule has 4 atom stereocenters. The SMILES string of the molecule is COC(=O)[C@@H]1C[C@@H](O)CN1C(=O)c1cc(C)c(OCCCOc2cc([N+](=O)[O-])c(C(=O)N3C[C@H](C(C)=O)[C@@H](O)C3)cc2OC)cc1[N+](=O)[O-]. The quantitative estimate of drug-likeness (QED) is 0.131. The first-order valence-electron chi connectivity index (χ1n) is 15.1. The van der Waals surface area contributed by atoms with Crippen molar-refractivity contribution in [1.29, 1.82) is 0 Å². The van der Waals surface area contributed by atoms with Crippen LogP contribution < -0.4 is 14.2 Å². The standard InChI is InChI=1S/C31H36N4O14/c1-16-8-19(30(40)33-13-18(37)9-24(33)31(41)47-4)22(34(42)43)11-26(16)48-6-5-7-49-28-12-23(35(44)45)20(10-27(28)46-3)29(39)32-14-21(17(2)36)25(38)15-32/h8,10-12,18,21,24-25,37-38H,5-7,9,13-15H2,1-4H3/t18-,21-,24+,25+/m1/s1. The molecule has 2 N–H and O–H groups in total. The summed E-state index contributed by atoms with van der Waals surface area (Å²) in [6.45, 7) is 2.32. The molecule has 2 aliphatic heterocycles. The maximum absolute atomic E-state index is 13.3. The van der Waals surface area contributed by atoms with E-state index in [4.69, 9.17) is 18.9 Å². The molecule has 2 fully saturated rings. The number of amides is 2. The molecule has 2 saturated heterocycles. The highest BCUT2D eigenvalue weighted by Crippen LogP contribution is 2.37. The largest absolute Gasteiger partial charge is 0.493 e. The van der Waals surface area contributed by atoms with Crippen LogP contribution in [0, 0.1) is 33.1 Å². The van der Waals surface area contributed by atoms with Crippen LogP contribution in [0.2, 0.25) is 0 Å². The van der Waals surface area contributed by atoms with E-state index in [0.29, 0.717) is 5.56 Å². The van der Waals surface area contributed by atoms with Crippen LogP contribution in [0.3, 0.4) is 0 Å². The molecular formula is C31H36N4O14. The predicted molar refractivity (Wildman–Crippen MR) is 167 cm³/mol. The molecular weight excluding hydrogens is 652 g/mol. The number of rotatable bonds is 13. The lowest BCUT2D eigenvalue weighted by molar-refractivity contribution is -0.385. The first-order chi connectivity index (χ1) is 23.2. The Morgan fingerprint density at radius 1 is 0.857 bits per heavy atom. The molecule has 0 aromatic heterocycles. The van der Waals surface area contributed by atoms with Crippen LogP contribution in [0.5, 0.6) is 17.2 Å². The normalized spacial score (nSPS) is 20.1. The number of esters is 1. The Morgan fingerprint density at radius 2 is 1.45 bits per heavy atom. The van der Waals surface area contributed by atoms with Gasteiger partial charge in [0.2, 0.25) is 0 Å². The zero-order chi connectivity index (χ0) is 36.2. The van der Waals surface area contributed by atoms with Gasteiger partial charge < -0.3 is 39.0 Å². The van der Waals surface area contributed by atoms with E-state index in [1.54, 1.807) is 6.92 Å². The van der Waals surface area contributed by atoms with E-state index in [1.165, 1.54) is 25.0 Å². The number of methoxy groups -OCH3 is 2. The number of aryl methyl sites for hydroxylation is 1. The molecule has 0 aliphatic carbocycles. The summed E-state index contributed by atoms with van der Waals surface area (Å²) in [6, 6.07) is 3.45. The number of nitro groups is 2. The van der Waals surface area contributed by atoms with Gasteiger partial charge in [0, 0.05) is 38.5 Å². The molecule has 2 heterocycles. The van der Waals surface area contributed by atoms with Crippen molar-refractivity contribution >= 4 is 34.9 Å². The van der Waals surface area contributed by atoms with Crippen molar-refractivity contribution in [3.05, 3.63) is 61.2 Å². The third kappa shape index (κ3) is 7.86. The van der Waals surface area contributed by atoms with Crippen molar-refractivity contribution in [3.63, 3.8) is 0 Å². The molecule has 264 valence electrons. The van der Waals surface area contributed by atoms with Crippen molar-refractivity contribution in [1.82, 2.24) is 9.80 Å². The third-order valence-electron chi connectivity index (χ3n) is 8.34. The highest BCUT2D eigenvalue weighted by molar-refractivity contribution is 6.01. The molecule has 2 aromatic rings. The Morgan fingerprint density at radius 3 is 2.00 bits per heavy atom. The molecule has 0 saturated carbocycles. The molecule has 2 amide bonds. The highest BCUT2D eigenvalue weighted by atomic mass is 16.6. The van der Waals surface area contributed by atoms with Gasteiger partial charge in [-0.25, -0.2) is 4.79 Å². The summed E-state index contributed by atoms with van der Waals surface area (Å²) in [5, 5.41) is 44.0. The second-order valence-corrected chi connectivity index (χ2v) is 11.6. The van der Waals surface area contributed by atoms with Crippen molar-refractivity contribution in [2.24, 2.45) is 5.92 Å². The summed E-state index contributed by atoms with van der Waals surface area (Å²) in [6.07, 6.45) is -1.97. The Bertz CT molecular complexity index is 1660. The van der Waals surface area contributed by atoms with E-state index >= 15 is 0 Å². The molecule has 0 spiro atoms. The number of likely N-dealkylation sites (tertiary alicyclic amines) is 2. The second kappa shape index (κ2) is 15.2. The predicted octanol–water partition coefficient (Wildman–Crippen LogP) is 1.44. The third-order valence-corrected chi connectivity index (χ3v) is 8.34. The summed E-state index contributed by atoms with van der Waals surface area (Å²) in [5.41, 5.74) is -1.37. The van der Waals surface area contributed by atoms with Gasteiger partial charge in [0.05, 0.1) is 67.5 Å². The topological polar surface area (TPSA) is 238 Å². The van der Waals surface area contributed by atoms with Gasteiger partial charge in [-0.05, 0) is 25.5 Å². The van der Waals surface area contributed by atoms with Crippen LogP contribution in [0.25, 0.3) is 0 Å². The maximum Gasteiger partial charge on any atom is 0.328 e. The minimum atomic E-state index is -1.10. The van der Waals surface area contributed by atoms with Gasteiger partial charge in [0.15, 0.2) is 11.5 Å². The number of aliphatic hydroxyl groups is 2. The molecule has 2 aromatic carbocycles. The van der Waals surface area contributed by atoms with Crippen LogP contribution in [-0.4, -0.2) is 119 Å². The van der Waals surface area contributed by atoms with E-state index in [0.717, 1.165) is 30.2 Å². The van der Waals surface area contributed by atoms with Crippen LogP contribution in [0.4, 0.5) is 11.4 Å². The molecule has 4 rings (SSSR count). The fourth-order valence-electron chi connectivity index (χ4n) is 5.80. The van der Waals surface area contributed by atoms with Gasteiger partial charge in [-0.3, -0.25) is 34.6 Å². The van der Waals surface area contributed by atoms with E-state index in [9.17, 15) is 49.6 Å². The van der Waals surface area contributed by atoms with Crippen LogP contribution in [0.15, 0.2) is 24.3 Å². The average molecular weight is 689 g/mol. The van der Waals surface area contributed by atoms with E-state index < -0.39 is 63.2 Å². The number of hydrogen-bond donors (Lipinski definition) is 2. The first kappa shape index (κ1) is 36.5. The average Bonchev–Trinajstić information content (AvgIpc) is 3.66. The Labute approximate surface area is 279 Å². The van der Waals surface area contributed by atoms with Gasteiger partial charge in [0.25, 0.3) is 23.2 Å². The lowest BCUT2D eigenvalue weighted by Gasteiger charge is -2.22. The number of β-amino-alcohol motifs (C(OH)–C–C–N with tert-alkyl or cyclic N) is 2. The molecule has 49 heavy (non-hydrogen) atoms. The fraction of sp³-hybridized carbons (Fsp3) is 0.484. The van der Waals surface area contributed by atoms with Crippen LogP contribution in [-0.2, 0) is 14.3 Å². The number of Topliss-reactive ketones (excluding diaryl/α,β-unsaturated/α-hetero) is 1. The zero-order valence-corrected chi connectivity index (χ0v) is 27.2. The Balaban J connectivity index is 1.43. The molecule has 2 aliphatic rings. The van der Waals surface area contributed by atoms with Crippen molar-refractivity contribution in [2.45, 2.75) is 44.9 Å². The summed E-state index contributed by atoms with van der Waals surface area (Å²) in [7, 11) is 2.41. The minimum Gasteiger partial charge on any atom is -0.493 e. The summed E-state index contributed by atoms with van der Waals surface area (Å²) >= 11 is 0. The molecule has 0 bridgehead atoms. The summed E-state index contributed by atoms with van der Waals surface area (Å²) in [5.74, 6) is -3.36. The number of benzene rings is 2. The highest BCUT2D eigenvalue weighted by Gasteiger charge is 2.42. The number of hydrogen-bond acceptors (Lipinski definition) is 14. The van der Waals surface area contributed by atoms with Gasteiger partial charge in [-0.2, -0.15) is 0 Å². The van der Waals surface area contributed by atoms with Gasteiger partial charge in [-0.1, -0.05) is 0 Å². The number of aliphatic hydroxyl groups excluding tert-OH is 2. The van der Waals surface area contributed by atoms with Crippen molar-refractivity contribution in [2.75, 3.05) is 47.1 Å². The summed E-state index contributed by atoms with van der Waals surface area (Å²) < 4.78 is 21.4. The van der Waals surface area contributed by atoms with E-state index in [2.05, 4.69) is 0 Å². The lowest BCUT2D eigenvalue weighted by Crippen LogP contribution is -2.41. The van der Waals surface area contributed by atoms with Crippen molar-refractivity contribution in [3.8, 4) is 17.2 Å². The molecule has 18 heteroatoms. The Hall–Kier alpha value is -5.36. The van der Waals surface area contributed by atoms with Crippen LogP contribution in [0.1, 0.15) is 46.0 Å². The monoisotopic (exact) mass is 688 g/mol. The molecule has 18 nitrogen and oxygen atoms in total. The number of nitro benzene ring substituents is 2. The second-order valence-electron chi connectivity index (χ2n) is 11.6. The molecule has 0 radical (unpaired) electrons. The Kier molecular flexibility index (Phi) is 11.3. The van der Waals surface area contributed by atoms with Gasteiger partial charge >= 0.3 is 5.97 Å². The zero-order valence-electron chi connectivity index (χ0n) is 27.2. The first-order valence-corrected chi connectivity index (χ1v) is 15.1. The maximum atomic E-state index is 13.3. The number of ketones is 1. The molecule has 0 unspecified atom stereocenters. The number of carbonyl (C=O) groups excluding carboxylic acids is 4. The fourth-order valence-corrected chi connectivity index (χ4v) is 5.80. The number of nitrogens with zero attached hydrogens (tertiary/aromatic N) is 4. The number of ether oxygens (including phenoxy) is 4. The smallest absolute Gasteiger partial charge is 0.328 e. The minimum absolute atomic E-state index is 0.0180. The van der Waals surface area contributed by atoms with E-state index in [1.807, 2.05) is 0 Å². The summed E-state index contributed by atoms with van der Waals surface area (Å²) in [4.78, 5) is 74.9. The number of carbonyl (C=O) groups is 4.